The van der Waals surface area contributed by atoms with Gasteiger partial charge >= 0.3 is 0 Å². The van der Waals surface area contributed by atoms with Gasteiger partial charge in [-0.2, -0.15) is 0 Å². The lowest BCUT2D eigenvalue weighted by Gasteiger charge is -2.18. The van der Waals surface area contributed by atoms with Crippen LogP contribution in [0.2, 0.25) is 0 Å². The van der Waals surface area contributed by atoms with E-state index in [1.165, 1.54) is 0 Å². The van der Waals surface area contributed by atoms with E-state index in [0.29, 0.717) is 0 Å². The van der Waals surface area contributed by atoms with Gasteiger partial charge in [0.25, 0.3) is 0 Å². The predicted octanol–water partition coefficient (Wildman–Crippen LogP) is 1.63. The molecule has 0 aromatic heterocycles. The Bertz CT molecular complexity index is 332. The molecular formula is C11H16N2O. The maximum absolute atomic E-state index is 10.9. The highest BCUT2D eigenvalue weighted by Crippen LogP contribution is 2.22. The van der Waals surface area contributed by atoms with E-state index in [-0.39, 0.29) is 0 Å². The highest BCUT2D eigenvalue weighted by atomic mass is 16.1. The average molecular weight is 192 g/mol. The third-order valence-corrected chi connectivity index (χ3v) is 2.14. The molecule has 1 aromatic rings. The SMILES string of the molecule is CN(C)c1ccc(N(C)C)c(C=O)c1. The van der Waals surface area contributed by atoms with Gasteiger partial charge < -0.3 is 9.80 Å². The summed E-state index contributed by atoms with van der Waals surface area (Å²) in [4.78, 5) is 14.8. The van der Waals surface area contributed by atoms with Crippen LogP contribution >= 0.6 is 0 Å². The fraction of sp³-hybridized carbons (Fsp3) is 0.364. The largest absolute Gasteiger partial charge is 0.378 e. The Morgan fingerprint density at radius 1 is 1.07 bits per heavy atom. The Morgan fingerprint density at radius 3 is 2.14 bits per heavy atom. The van der Waals surface area contributed by atoms with E-state index in [1.54, 1.807) is 0 Å². The first-order valence-electron chi connectivity index (χ1n) is 4.50. The predicted molar refractivity (Wildman–Crippen MR) is 60.5 cm³/mol. The second kappa shape index (κ2) is 4.13. The molecule has 14 heavy (non-hydrogen) atoms. The Morgan fingerprint density at radius 2 is 1.71 bits per heavy atom. The minimum Gasteiger partial charge on any atom is -0.378 e. The van der Waals surface area contributed by atoms with Crippen LogP contribution in [0.5, 0.6) is 0 Å². The number of carbonyl (C=O) groups is 1. The minimum absolute atomic E-state index is 0.723. The Kier molecular flexibility index (Phi) is 3.12. The number of hydrogen-bond acceptors (Lipinski definition) is 3. The molecule has 1 rings (SSSR count). The van der Waals surface area contributed by atoms with Gasteiger partial charge in [0.15, 0.2) is 6.29 Å². The molecule has 3 nitrogen and oxygen atoms in total. The van der Waals surface area contributed by atoms with E-state index < -0.39 is 0 Å². The first-order valence-corrected chi connectivity index (χ1v) is 4.50. The van der Waals surface area contributed by atoms with Crippen LogP contribution in [0.15, 0.2) is 18.2 Å². The lowest BCUT2D eigenvalue weighted by atomic mass is 10.1. The zero-order chi connectivity index (χ0) is 10.7. The molecule has 0 radical (unpaired) electrons. The van der Waals surface area contributed by atoms with Gasteiger partial charge in [-0.05, 0) is 18.2 Å². The van der Waals surface area contributed by atoms with E-state index in [4.69, 9.17) is 0 Å². The van der Waals surface area contributed by atoms with E-state index in [9.17, 15) is 4.79 Å². The van der Waals surface area contributed by atoms with Crippen LogP contribution in [-0.2, 0) is 0 Å². The molecule has 0 N–H and O–H groups in total. The molecule has 0 saturated carbocycles. The summed E-state index contributed by atoms with van der Waals surface area (Å²) in [5.41, 5.74) is 2.71. The zero-order valence-corrected chi connectivity index (χ0v) is 9.11. The smallest absolute Gasteiger partial charge is 0.152 e. The second-order valence-corrected chi connectivity index (χ2v) is 3.65. The number of carbonyl (C=O) groups excluding carboxylic acids is 1. The van der Waals surface area contributed by atoms with E-state index >= 15 is 0 Å². The van der Waals surface area contributed by atoms with E-state index in [2.05, 4.69) is 0 Å². The molecule has 0 fully saturated rings. The maximum atomic E-state index is 10.9. The van der Waals surface area contributed by atoms with Crippen LogP contribution in [0.25, 0.3) is 0 Å². The van der Waals surface area contributed by atoms with Crippen LogP contribution in [0.3, 0.4) is 0 Å². The summed E-state index contributed by atoms with van der Waals surface area (Å²) in [7, 11) is 7.77. The quantitative estimate of drug-likeness (QED) is 0.680. The van der Waals surface area contributed by atoms with Gasteiger partial charge in [-0.1, -0.05) is 0 Å². The van der Waals surface area contributed by atoms with Crippen molar-refractivity contribution in [2.24, 2.45) is 0 Å². The molecule has 0 heterocycles. The number of nitrogens with zero attached hydrogens (tertiary/aromatic N) is 2. The summed E-state index contributed by atoms with van der Waals surface area (Å²) in [5, 5.41) is 0. The Balaban J connectivity index is 3.18. The third-order valence-electron chi connectivity index (χ3n) is 2.14. The van der Waals surface area contributed by atoms with Crippen molar-refractivity contribution in [1.82, 2.24) is 0 Å². The van der Waals surface area contributed by atoms with Gasteiger partial charge in [-0.25, -0.2) is 0 Å². The van der Waals surface area contributed by atoms with Crippen LogP contribution < -0.4 is 9.80 Å². The van der Waals surface area contributed by atoms with Gasteiger partial charge in [-0.15, -0.1) is 0 Å². The van der Waals surface area contributed by atoms with Crippen molar-refractivity contribution in [1.29, 1.82) is 0 Å². The van der Waals surface area contributed by atoms with Crippen molar-refractivity contribution in [2.75, 3.05) is 38.0 Å². The first kappa shape index (κ1) is 10.6. The average Bonchev–Trinajstić information content (AvgIpc) is 2.16. The third kappa shape index (κ3) is 2.05. The zero-order valence-electron chi connectivity index (χ0n) is 9.11. The van der Waals surface area contributed by atoms with Gasteiger partial charge in [0.2, 0.25) is 0 Å². The standard InChI is InChI=1S/C11H16N2O/c1-12(2)10-5-6-11(13(3)4)9(7-10)8-14/h5-8H,1-4H3. The topological polar surface area (TPSA) is 23.6 Å². The fourth-order valence-electron chi connectivity index (χ4n) is 1.32. The number of hydrogen-bond donors (Lipinski definition) is 0. The minimum atomic E-state index is 0.723. The van der Waals surface area contributed by atoms with E-state index in [1.807, 2.05) is 56.2 Å². The summed E-state index contributed by atoms with van der Waals surface area (Å²) in [5.74, 6) is 0. The number of benzene rings is 1. The van der Waals surface area contributed by atoms with Crippen molar-refractivity contribution < 1.29 is 4.79 Å². The summed E-state index contributed by atoms with van der Waals surface area (Å²) < 4.78 is 0. The van der Waals surface area contributed by atoms with E-state index in [0.717, 1.165) is 23.2 Å². The lowest BCUT2D eigenvalue weighted by Crippen LogP contribution is -2.13. The summed E-state index contributed by atoms with van der Waals surface area (Å²) >= 11 is 0. The monoisotopic (exact) mass is 192 g/mol. The molecule has 0 aliphatic heterocycles. The van der Waals surface area contributed by atoms with Crippen molar-refractivity contribution in [3.05, 3.63) is 23.8 Å². The van der Waals surface area contributed by atoms with Crippen molar-refractivity contribution in [3.8, 4) is 0 Å². The van der Waals surface area contributed by atoms with Gasteiger partial charge in [0.05, 0.1) is 0 Å². The van der Waals surface area contributed by atoms with Crippen molar-refractivity contribution in [2.45, 2.75) is 0 Å². The molecule has 0 bridgehead atoms. The Hall–Kier alpha value is -1.51. The summed E-state index contributed by atoms with van der Waals surface area (Å²) in [6.07, 6.45) is 0.891. The molecule has 0 saturated heterocycles. The maximum Gasteiger partial charge on any atom is 0.152 e. The van der Waals surface area contributed by atoms with Crippen LogP contribution in [0, 0.1) is 0 Å². The molecular weight excluding hydrogens is 176 g/mol. The molecule has 3 heteroatoms. The summed E-state index contributed by atoms with van der Waals surface area (Å²) in [6.45, 7) is 0. The number of rotatable bonds is 3. The van der Waals surface area contributed by atoms with Gasteiger partial charge in [0.1, 0.15) is 0 Å². The lowest BCUT2D eigenvalue weighted by molar-refractivity contribution is 0.112. The van der Waals surface area contributed by atoms with Crippen LogP contribution in [0.4, 0.5) is 11.4 Å². The fourth-order valence-corrected chi connectivity index (χ4v) is 1.32. The normalized spacial score (nSPS) is 9.71. The van der Waals surface area contributed by atoms with Crippen molar-refractivity contribution >= 4 is 17.7 Å². The summed E-state index contributed by atoms with van der Waals surface area (Å²) in [6, 6.07) is 5.85. The molecule has 0 aliphatic carbocycles. The Labute approximate surface area is 84.9 Å². The highest BCUT2D eigenvalue weighted by Gasteiger charge is 2.05. The number of anilines is 2. The van der Waals surface area contributed by atoms with Crippen LogP contribution in [0.1, 0.15) is 10.4 Å². The van der Waals surface area contributed by atoms with Crippen LogP contribution in [-0.4, -0.2) is 34.5 Å². The second-order valence-electron chi connectivity index (χ2n) is 3.65. The molecule has 1 aromatic carbocycles. The van der Waals surface area contributed by atoms with Crippen molar-refractivity contribution in [3.63, 3.8) is 0 Å². The first-order chi connectivity index (χ1) is 6.56. The van der Waals surface area contributed by atoms with Gasteiger partial charge in [0, 0.05) is 45.1 Å². The molecule has 0 spiro atoms. The molecule has 0 aliphatic rings. The van der Waals surface area contributed by atoms with Gasteiger partial charge in [-0.3, -0.25) is 4.79 Å². The molecule has 0 atom stereocenters. The molecule has 0 unspecified atom stereocenters. The molecule has 76 valence electrons. The number of aldehydes is 1. The highest BCUT2D eigenvalue weighted by molar-refractivity contribution is 5.86. The molecule has 0 amide bonds.